The Kier molecular flexibility index (Phi) is 1.57. The second-order valence-corrected chi connectivity index (χ2v) is 5.59. The van der Waals surface area contributed by atoms with Crippen molar-refractivity contribution in [2.24, 2.45) is 5.41 Å². The normalized spacial score (nSPS) is 15.4. The summed E-state index contributed by atoms with van der Waals surface area (Å²) < 4.78 is 0. The Labute approximate surface area is 90.9 Å². The van der Waals surface area contributed by atoms with Crippen LogP contribution >= 0.6 is 0 Å². The average Bonchev–Trinajstić information content (AvgIpc) is 2.13. The Morgan fingerprint density at radius 2 is 1.40 bits per heavy atom. The summed E-state index contributed by atoms with van der Waals surface area (Å²) >= 11 is 0. The number of benzene rings is 2. The van der Waals surface area contributed by atoms with Gasteiger partial charge in [-0.1, -0.05) is 57.2 Å². The van der Waals surface area contributed by atoms with Crippen molar-refractivity contribution in [2.75, 3.05) is 0 Å². The van der Waals surface area contributed by atoms with E-state index in [2.05, 4.69) is 57.2 Å². The third-order valence-electron chi connectivity index (χ3n) is 3.46. The fourth-order valence-electron chi connectivity index (χ4n) is 2.90. The highest BCUT2D eigenvalue weighted by atomic mass is 14.4. The van der Waals surface area contributed by atoms with Crippen molar-refractivity contribution in [2.45, 2.75) is 26.7 Å². The van der Waals surface area contributed by atoms with Crippen molar-refractivity contribution in [1.82, 2.24) is 0 Å². The van der Waals surface area contributed by atoms with Crippen LogP contribution in [-0.4, -0.2) is 0 Å². The molecule has 0 amide bonds. The zero-order chi connectivity index (χ0) is 10.6. The van der Waals surface area contributed by atoms with Crippen LogP contribution in [-0.2, 0) is 0 Å². The van der Waals surface area contributed by atoms with Gasteiger partial charge in [0.25, 0.3) is 0 Å². The summed E-state index contributed by atoms with van der Waals surface area (Å²) in [6.07, 6.45) is 0. The van der Waals surface area contributed by atoms with Crippen molar-refractivity contribution >= 4 is 10.8 Å². The van der Waals surface area contributed by atoms with Crippen LogP contribution in [0.5, 0.6) is 0 Å². The Balaban J connectivity index is 2.30. The van der Waals surface area contributed by atoms with Gasteiger partial charge in [-0.25, -0.2) is 0 Å². The van der Waals surface area contributed by atoms with Crippen LogP contribution in [0.4, 0.5) is 0 Å². The average molecular weight is 196 g/mol. The van der Waals surface area contributed by atoms with Gasteiger partial charge in [-0.15, -0.1) is 0 Å². The SMILES string of the molecule is CC(C)(C)C1c2cccc3cccc1c23. The lowest BCUT2D eigenvalue weighted by Gasteiger charge is -2.40. The third-order valence-corrected chi connectivity index (χ3v) is 3.46. The summed E-state index contributed by atoms with van der Waals surface area (Å²) in [5.74, 6) is 0.623. The standard InChI is InChI=1S/C15H16/c1-15(2,3)14-11-8-4-6-10-7-5-9-12(14)13(10)11/h4-9,14H,1-3H3. The molecule has 76 valence electrons. The maximum absolute atomic E-state index is 2.33. The van der Waals surface area contributed by atoms with E-state index in [1.165, 1.54) is 21.9 Å². The molecule has 0 heterocycles. The molecule has 15 heavy (non-hydrogen) atoms. The Morgan fingerprint density at radius 3 is 1.87 bits per heavy atom. The van der Waals surface area contributed by atoms with E-state index in [4.69, 9.17) is 0 Å². The molecule has 2 aromatic carbocycles. The van der Waals surface area contributed by atoms with Gasteiger partial charge >= 0.3 is 0 Å². The number of hydrogen-bond acceptors (Lipinski definition) is 0. The molecule has 0 heteroatoms. The largest absolute Gasteiger partial charge is 0.0613 e. The van der Waals surface area contributed by atoms with E-state index >= 15 is 0 Å². The van der Waals surface area contributed by atoms with E-state index in [-0.39, 0.29) is 0 Å². The molecule has 0 nitrogen and oxygen atoms in total. The van der Waals surface area contributed by atoms with Crippen LogP contribution in [0, 0.1) is 5.41 Å². The van der Waals surface area contributed by atoms with Gasteiger partial charge in [-0.05, 0) is 27.3 Å². The van der Waals surface area contributed by atoms with E-state index < -0.39 is 0 Å². The fourth-order valence-corrected chi connectivity index (χ4v) is 2.90. The molecule has 0 aromatic heterocycles. The maximum atomic E-state index is 2.33. The minimum absolute atomic E-state index is 0.336. The van der Waals surface area contributed by atoms with Crippen molar-refractivity contribution in [3.05, 3.63) is 47.5 Å². The van der Waals surface area contributed by atoms with Crippen molar-refractivity contribution in [3.63, 3.8) is 0 Å². The smallest absolute Gasteiger partial charge is 0.0150 e. The lowest BCUT2D eigenvalue weighted by atomic mass is 9.63. The van der Waals surface area contributed by atoms with E-state index in [0.29, 0.717) is 11.3 Å². The zero-order valence-electron chi connectivity index (χ0n) is 9.54. The van der Waals surface area contributed by atoms with Crippen molar-refractivity contribution in [1.29, 1.82) is 0 Å². The van der Waals surface area contributed by atoms with E-state index in [1.54, 1.807) is 0 Å². The molecule has 3 rings (SSSR count). The van der Waals surface area contributed by atoms with Gasteiger partial charge in [0, 0.05) is 5.92 Å². The highest BCUT2D eigenvalue weighted by Crippen LogP contribution is 2.52. The maximum Gasteiger partial charge on any atom is 0.0150 e. The summed E-state index contributed by atoms with van der Waals surface area (Å²) in [7, 11) is 0. The number of hydrogen-bond donors (Lipinski definition) is 0. The van der Waals surface area contributed by atoms with Crippen molar-refractivity contribution in [3.8, 4) is 0 Å². The van der Waals surface area contributed by atoms with Gasteiger partial charge in [0.2, 0.25) is 0 Å². The second kappa shape index (κ2) is 2.63. The van der Waals surface area contributed by atoms with Gasteiger partial charge in [-0.3, -0.25) is 0 Å². The molecule has 0 N–H and O–H groups in total. The first-order valence-corrected chi connectivity index (χ1v) is 5.60. The number of rotatable bonds is 0. The summed E-state index contributed by atoms with van der Waals surface area (Å²) in [5.41, 5.74) is 3.41. The minimum Gasteiger partial charge on any atom is -0.0613 e. The summed E-state index contributed by atoms with van der Waals surface area (Å²) in [6.45, 7) is 6.98. The Morgan fingerprint density at radius 1 is 0.867 bits per heavy atom. The molecule has 0 spiro atoms. The fraction of sp³-hybridized carbons (Fsp3) is 0.333. The van der Waals surface area contributed by atoms with Crippen LogP contribution in [0.1, 0.15) is 37.8 Å². The minimum atomic E-state index is 0.336. The molecule has 0 bridgehead atoms. The molecule has 0 aliphatic heterocycles. The monoisotopic (exact) mass is 196 g/mol. The molecule has 0 unspecified atom stereocenters. The first kappa shape index (κ1) is 8.96. The molecule has 1 aliphatic carbocycles. The lowest BCUT2D eigenvalue weighted by Crippen LogP contribution is -2.26. The molecule has 0 atom stereocenters. The van der Waals surface area contributed by atoms with Crippen LogP contribution in [0.25, 0.3) is 10.8 Å². The van der Waals surface area contributed by atoms with Crippen molar-refractivity contribution < 1.29 is 0 Å². The van der Waals surface area contributed by atoms with Gasteiger partial charge in [0.05, 0.1) is 0 Å². The molecule has 0 saturated heterocycles. The van der Waals surface area contributed by atoms with Gasteiger partial charge < -0.3 is 0 Å². The first-order chi connectivity index (χ1) is 7.09. The lowest BCUT2D eigenvalue weighted by molar-refractivity contribution is 0.352. The highest BCUT2D eigenvalue weighted by Gasteiger charge is 2.36. The summed E-state index contributed by atoms with van der Waals surface area (Å²) in [5, 5.41) is 2.89. The molecule has 0 saturated carbocycles. The summed E-state index contributed by atoms with van der Waals surface area (Å²) in [4.78, 5) is 0. The summed E-state index contributed by atoms with van der Waals surface area (Å²) in [6, 6.07) is 13.3. The highest BCUT2D eigenvalue weighted by molar-refractivity contribution is 5.96. The van der Waals surface area contributed by atoms with Gasteiger partial charge in [0.1, 0.15) is 0 Å². The topological polar surface area (TPSA) is 0 Å². The third kappa shape index (κ3) is 1.08. The zero-order valence-corrected chi connectivity index (χ0v) is 9.54. The van der Waals surface area contributed by atoms with Gasteiger partial charge in [0.15, 0.2) is 0 Å². The van der Waals surface area contributed by atoms with Crippen LogP contribution in [0.2, 0.25) is 0 Å². The van der Waals surface area contributed by atoms with E-state index in [9.17, 15) is 0 Å². The molecule has 0 fully saturated rings. The van der Waals surface area contributed by atoms with Crippen LogP contribution < -0.4 is 0 Å². The second-order valence-electron chi connectivity index (χ2n) is 5.59. The first-order valence-electron chi connectivity index (χ1n) is 5.60. The Hall–Kier alpha value is -1.30. The van der Waals surface area contributed by atoms with Gasteiger partial charge in [-0.2, -0.15) is 0 Å². The molecule has 1 aliphatic rings. The molecule has 0 radical (unpaired) electrons. The van der Waals surface area contributed by atoms with Crippen LogP contribution in [0.15, 0.2) is 36.4 Å². The molecular formula is C15H16. The van der Waals surface area contributed by atoms with E-state index in [0.717, 1.165) is 0 Å². The van der Waals surface area contributed by atoms with E-state index in [1.807, 2.05) is 0 Å². The quantitative estimate of drug-likeness (QED) is 0.588. The molecule has 2 aromatic rings. The molecular weight excluding hydrogens is 180 g/mol. The Bertz CT molecular complexity index is 490. The van der Waals surface area contributed by atoms with Crippen LogP contribution in [0.3, 0.4) is 0 Å². The predicted octanol–water partition coefficient (Wildman–Crippen LogP) is 4.33. The predicted molar refractivity (Wildman–Crippen MR) is 65.2 cm³/mol.